The Morgan fingerprint density at radius 3 is 2.71 bits per heavy atom. The summed E-state index contributed by atoms with van der Waals surface area (Å²) in [6.45, 7) is 5.21. The highest BCUT2D eigenvalue weighted by atomic mass is 15.1. The molecule has 0 aliphatic rings. The van der Waals surface area contributed by atoms with Crippen LogP contribution in [-0.2, 0) is 6.54 Å². The Hall–Kier alpha value is -1.83. The van der Waals surface area contributed by atoms with Crippen LogP contribution in [0.2, 0.25) is 0 Å². The molecule has 0 saturated heterocycles. The topological polar surface area (TPSA) is 17.8 Å². The summed E-state index contributed by atoms with van der Waals surface area (Å²) in [6, 6.07) is 10.3. The van der Waals surface area contributed by atoms with Gasteiger partial charge in [-0.05, 0) is 5.56 Å². The fourth-order valence-electron chi connectivity index (χ4n) is 1.84. The van der Waals surface area contributed by atoms with E-state index in [-0.39, 0.29) is 0 Å². The van der Waals surface area contributed by atoms with Gasteiger partial charge in [-0.15, -0.1) is 0 Å². The Balaban J connectivity index is 2.03. The van der Waals surface area contributed by atoms with Crippen LogP contribution in [0.3, 0.4) is 0 Å². The third-order valence-electron chi connectivity index (χ3n) is 2.68. The molecule has 2 nitrogen and oxygen atoms in total. The van der Waals surface area contributed by atoms with Gasteiger partial charge >= 0.3 is 0 Å². The van der Waals surface area contributed by atoms with Gasteiger partial charge in [0.25, 0.3) is 0 Å². The molecule has 17 heavy (non-hydrogen) atoms. The van der Waals surface area contributed by atoms with Crippen molar-refractivity contribution in [1.29, 1.82) is 0 Å². The predicted molar refractivity (Wildman–Crippen MR) is 71.8 cm³/mol. The molecular weight excluding hydrogens is 208 g/mol. The third kappa shape index (κ3) is 3.06. The second-order valence-corrected chi connectivity index (χ2v) is 4.41. The number of benzene rings is 1. The lowest BCUT2D eigenvalue weighted by Crippen LogP contribution is -2.02. The molecule has 0 atom stereocenters. The van der Waals surface area contributed by atoms with Gasteiger partial charge in [-0.2, -0.15) is 0 Å². The van der Waals surface area contributed by atoms with Crippen LogP contribution in [0.5, 0.6) is 0 Å². The maximum Gasteiger partial charge on any atom is 0.111 e. The summed E-state index contributed by atoms with van der Waals surface area (Å²) in [5.74, 6) is 1.61. The molecule has 88 valence electrons. The second-order valence-electron chi connectivity index (χ2n) is 4.41. The summed E-state index contributed by atoms with van der Waals surface area (Å²) < 4.78 is 2.18. The zero-order chi connectivity index (χ0) is 12.1. The molecule has 0 fully saturated rings. The SMILES string of the molecule is CC(C)c1nccn1CC=Cc1ccccc1. The van der Waals surface area contributed by atoms with Crippen LogP contribution in [0.1, 0.15) is 31.2 Å². The van der Waals surface area contributed by atoms with Crippen molar-refractivity contribution < 1.29 is 0 Å². The molecular formula is C15H18N2. The van der Waals surface area contributed by atoms with Crippen molar-refractivity contribution in [2.24, 2.45) is 0 Å². The largest absolute Gasteiger partial charge is 0.331 e. The highest BCUT2D eigenvalue weighted by molar-refractivity contribution is 5.48. The molecule has 2 aromatic rings. The monoisotopic (exact) mass is 226 g/mol. The van der Waals surface area contributed by atoms with E-state index in [2.05, 4.69) is 59.8 Å². The van der Waals surface area contributed by atoms with Crippen molar-refractivity contribution in [2.75, 3.05) is 0 Å². The molecule has 0 aliphatic heterocycles. The van der Waals surface area contributed by atoms with Crippen molar-refractivity contribution in [3.05, 3.63) is 60.2 Å². The summed E-state index contributed by atoms with van der Waals surface area (Å²) in [5.41, 5.74) is 1.23. The van der Waals surface area contributed by atoms with Gasteiger partial charge in [-0.3, -0.25) is 0 Å². The lowest BCUT2D eigenvalue weighted by Gasteiger charge is -2.07. The predicted octanol–water partition coefficient (Wildman–Crippen LogP) is 3.72. The normalized spacial score (nSPS) is 11.5. The van der Waals surface area contributed by atoms with E-state index in [4.69, 9.17) is 0 Å². The van der Waals surface area contributed by atoms with Crippen molar-refractivity contribution in [3.8, 4) is 0 Å². The zero-order valence-corrected chi connectivity index (χ0v) is 10.4. The second kappa shape index (κ2) is 5.48. The standard InChI is InChI=1S/C15H18N2/c1-13(2)15-16-10-12-17(15)11-6-9-14-7-4-3-5-8-14/h3-10,12-13H,11H2,1-2H3. The minimum atomic E-state index is 0.468. The van der Waals surface area contributed by atoms with Crippen molar-refractivity contribution in [2.45, 2.75) is 26.3 Å². The van der Waals surface area contributed by atoms with E-state index in [9.17, 15) is 0 Å². The Morgan fingerprint density at radius 2 is 2.00 bits per heavy atom. The van der Waals surface area contributed by atoms with Crippen molar-refractivity contribution in [3.63, 3.8) is 0 Å². The highest BCUT2D eigenvalue weighted by Crippen LogP contribution is 2.11. The number of hydrogen-bond donors (Lipinski definition) is 0. The zero-order valence-electron chi connectivity index (χ0n) is 10.4. The summed E-state index contributed by atoms with van der Waals surface area (Å²) in [4.78, 5) is 4.37. The van der Waals surface area contributed by atoms with Gasteiger partial charge in [-0.25, -0.2) is 4.98 Å². The summed E-state index contributed by atoms with van der Waals surface area (Å²) >= 11 is 0. The Labute approximate surface area is 103 Å². The first-order chi connectivity index (χ1) is 8.27. The van der Waals surface area contributed by atoms with Gasteiger partial charge < -0.3 is 4.57 Å². The van der Waals surface area contributed by atoms with Gasteiger partial charge in [0.05, 0.1) is 0 Å². The molecule has 1 aromatic carbocycles. The lowest BCUT2D eigenvalue weighted by atomic mass is 10.2. The van der Waals surface area contributed by atoms with Crippen LogP contribution in [0.25, 0.3) is 6.08 Å². The Bertz CT molecular complexity index is 481. The number of aromatic nitrogens is 2. The highest BCUT2D eigenvalue weighted by Gasteiger charge is 2.04. The first kappa shape index (κ1) is 11.6. The molecule has 2 heteroatoms. The number of imidazole rings is 1. The van der Waals surface area contributed by atoms with E-state index in [1.165, 1.54) is 5.56 Å². The Kier molecular flexibility index (Phi) is 3.76. The molecule has 0 amide bonds. The van der Waals surface area contributed by atoms with Crippen LogP contribution < -0.4 is 0 Å². The number of hydrogen-bond acceptors (Lipinski definition) is 1. The first-order valence-electron chi connectivity index (χ1n) is 6.00. The van der Waals surface area contributed by atoms with E-state index < -0.39 is 0 Å². The van der Waals surface area contributed by atoms with Crippen LogP contribution in [0.4, 0.5) is 0 Å². The van der Waals surface area contributed by atoms with E-state index in [0.29, 0.717) is 5.92 Å². The molecule has 0 bridgehead atoms. The van der Waals surface area contributed by atoms with Gasteiger partial charge in [0.2, 0.25) is 0 Å². The van der Waals surface area contributed by atoms with Crippen LogP contribution in [0, 0.1) is 0 Å². The van der Waals surface area contributed by atoms with Crippen molar-refractivity contribution in [1.82, 2.24) is 9.55 Å². The number of rotatable bonds is 4. The van der Waals surface area contributed by atoms with E-state index in [1.807, 2.05) is 18.5 Å². The quantitative estimate of drug-likeness (QED) is 0.777. The smallest absolute Gasteiger partial charge is 0.111 e. The third-order valence-corrected chi connectivity index (χ3v) is 2.68. The van der Waals surface area contributed by atoms with Crippen LogP contribution in [0.15, 0.2) is 48.8 Å². The maximum atomic E-state index is 4.37. The number of nitrogens with zero attached hydrogens (tertiary/aromatic N) is 2. The fourth-order valence-corrected chi connectivity index (χ4v) is 1.84. The molecule has 0 aliphatic carbocycles. The van der Waals surface area contributed by atoms with E-state index in [1.54, 1.807) is 0 Å². The van der Waals surface area contributed by atoms with Crippen LogP contribution in [-0.4, -0.2) is 9.55 Å². The average Bonchev–Trinajstić information content (AvgIpc) is 2.79. The van der Waals surface area contributed by atoms with E-state index >= 15 is 0 Å². The molecule has 2 rings (SSSR count). The minimum absolute atomic E-state index is 0.468. The molecule has 0 unspecified atom stereocenters. The minimum Gasteiger partial charge on any atom is -0.331 e. The summed E-state index contributed by atoms with van der Waals surface area (Å²) in [5, 5.41) is 0. The van der Waals surface area contributed by atoms with Gasteiger partial charge in [0.15, 0.2) is 0 Å². The Morgan fingerprint density at radius 1 is 1.24 bits per heavy atom. The van der Waals surface area contributed by atoms with Crippen molar-refractivity contribution >= 4 is 6.08 Å². The van der Waals surface area contributed by atoms with Gasteiger partial charge in [0, 0.05) is 24.9 Å². The van der Waals surface area contributed by atoms with Gasteiger partial charge in [-0.1, -0.05) is 56.3 Å². The average molecular weight is 226 g/mol. The molecule has 0 radical (unpaired) electrons. The molecule has 1 aromatic heterocycles. The van der Waals surface area contributed by atoms with Gasteiger partial charge in [0.1, 0.15) is 5.82 Å². The molecule has 1 heterocycles. The fraction of sp³-hybridized carbons (Fsp3) is 0.267. The molecule has 0 N–H and O–H groups in total. The summed E-state index contributed by atoms with van der Waals surface area (Å²) in [6.07, 6.45) is 8.21. The molecule has 0 saturated carbocycles. The van der Waals surface area contributed by atoms with Crippen LogP contribution >= 0.6 is 0 Å². The number of allylic oxidation sites excluding steroid dienone is 1. The lowest BCUT2D eigenvalue weighted by molar-refractivity contribution is 0.679. The molecule has 0 spiro atoms. The summed E-state index contributed by atoms with van der Waals surface area (Å²) in [7, 11) is 0. The van der Waals surface area contributed by atoms with E-state index in [0.717, 1.165) is 12.4 Å². The maximum absolute atomic E-state index is 4.37. The first-order valence-corrected chi connectivity index (χ1v) is 6.00.